The molecule has 0 spiro atoms. The largest absolute Gasteiger partial charge is 0.351 e. The van der Waals surface area contributed by atoms with Gasteiger partial charge in [0.2, 0.25) is 0 Å². The minimum atomic E-state index is -0.0728. The number of hydrogen-bond acceptors (Lipinski definition) is 3. The van der Waals surface area contributed by atoms with Crippen LogP contribution in [0.5, 0.6) is 0 Å². The van der Waals surface area contributed by atoms with Crippen LogP contribution in [-0.2, 0) is 7.05 Å². The maximum absolute atomic E-state index is 13.1. The van der Waals surface area contributed by atoms with Gasteiger partial charge in [0.1, 0.15) is 11.4 Å². The number of amides is 2. The van der Waals surface area contributed by atoms with E-state index in [1.165, 1.54) is 0 Å². The molecule has 34 heavy (non-hydrogen) atoms. The average Bonchev–Trinajstić information content (AvgIpc) is 3.45. The minimum Gasteiger partial charge on any atom is -0.351 e. The van der Waals surface area contributed by atoms with Crippen LogP contribution in [0.4, 0.5) is 0 Å². The summed E-state index contributed by atoms with van der Waals surface area (Å²) in [5, 5.41) is 5.06. The van der Waals surface area contributed by atoms with Crippen LogP contribution < -0.4 is 5.32 Å². The number of para-hydroxylation sites is 1. The Morgan fingerprint density at radius 1 is 1.09 bits per heavy atom. The van der Waals surface area contributed by atoms with E-state index < -0.39 is 0 Å². The number of likely N-dealkylation sites (tertiary alicyclic amines) is 1. The number of aryl methyl sites for hydroxylation is 1. The van der Waals surface area contributed by atoms with Crippen LogP contribution in [-0.4, -0.2) is 50.9 Å². The molecular weight excluding hydrogens is 426 g/mol. The number of pyridine rings is 1. The van der Waals surface area contributed by atoms with Gasteiger partial charge in [-0.1, -0.05) is 31.0 Å². The predicted octanol–water partition coefficient (Wildman–Crippen LogP) is 4.51. The molecule has 4 heterocycles. The summed E-state index contributed by atoms with van der Waals surface area (Å²) in [6.45, 7) is 2.30. The van der Waals surface area contributed by atoms with Crippen LogP contribution >= 0.6 is 0 Å². The summed E-state index contributed by atoms with van der Waals surface area (Å²) in [5.41, 5.74) is 3.35. The first kappa shape index (κ1) is 22.2. The van der Waals surface area contributed by atoms with Crippen molar-refractivity contribution in [1.29, 1.82) is 0 Å². The summed E-state index contributed by atoms with van der Waals surface area (Å²) in [7, 11) is 1.97. The highest BCUT2D eigenvalue weighted by molar-refractivity contribution is 5.99. The third-order valence-electron chi connectivity index (χ3n) is 7.06. The number of rotatable bonds is 7. The number of aromatic nitrogens is 3. The van der Waals surface area contributed by atoms with Gasteiger partial charge >= 0.3 is 0 Å². The number of unbranched alkanes of at least 4 members (excludes halogenated alkanes) is 1. The van der Waals surface area contributed by atoms with Crippen molar-refractivity contribution in [2.75, 3.05) is 19.6 Å². The van der Waals surface area contributed by atoms with Crippen molar-refractivity contribution in [3.8, 4) is 0 Å². The van der Waals surface area contributed by atoms with Crippen LogP contribution in [0.2, 0.25) is 0 Å². The molecule has 2 N–H and O–H groups in total. The Bertz CT molecular complexity index is 1280. The van der Waals surface area contributed by atoms with E-state index in [4.69, 9.17) is 0 Å². The molecule has 4 aromatic rings. The summed E-state index contributed by atoms with van der Waals surface area (Å²) in [6, 6.07) is 13.8. The Balaban J connectivity index is 1.03. The lowest BCUT2D eigenvalue weighted by molar-refractivity contribution is 0.0676. The number of benzene rings is 1. The zero-order valence-corrected chi connectivity index (χ0v) is 19.6. The second-order valence-electron chi connectivity index (χ2n) is 9.28. The van der Waals surface area contributed by atoms with E-state index in [2.05, 4.69) is 27.4 Å². The molecule has 1 aliphatic rings. The van der Waals surface area contributed by atoms with Gasteiger partial charge in [0.15, 0.2) is 0 Å². The molecule has 3 aromatic heterocycles. The average molecular weight is 458 g/mol. The zero-order chi connectivity index (χ0) is 23.5. The van der Waals surface area contributed by atoms with E-state index in [0.29, 0.717) is 18.2 Å². The Morgan fingerprint density at radius 3 is 2.71 bits per heavy atom. The summed E-state index contributed by atoms with van der Waals surface area (Å²) in [6.07, 6.45) is 8.75. The number of carbonyl (C=O) groups excluding carboxylic acids is 2. The van der Waals surface area contributed by atoms with Crippen LogP contribution in [0.3, 0.4) is 0 Å². The molecule has 1 aliphatic heterocycles. The van der Waals surface area contributed by atoms with Crippen molar-refractivity contribution < 1.29 is 9.59 Å². The van der Waals surface area contributed by atoms with Crippen molar-refractivity contribution in [3.05, 3.63) is 66.2 Å². The Morgan fingerprint density at radius 2 is 1.91 bits per heavy atom. The molecule has 0 unspecified atom stereocenters. The van der Waals surface area contributed by atoms with E-state index in [-0.39, 0.29) is 11.8 Å². The highest BCUT2D eigenvalue weighted by Gasteiger charge is 2.25. The van der Waals surface area contributed by atoms with Gasteiger partial charge in [0, 0.05) is 60.9 Å². The molecular formula is C27H31N5O2. The second-order valence-corrected chi connectivity index (χ2v) is 9.28. The highest BCUT2D eigenvalue weighted by atomic mass is 16.2. The summed E-state index contributed by atoms with van der Waals surface area (Å²) in [4.78, 5) is 34.7. The lowest BCUT2D eigenvalue weighted by atomic mass is 9.91. The first-order chi connectivity index (χ1) is 16.6. The number of nitrogens with zero attached hydrogens (tertiary/aromatic N) is 3. The molecule has 1 aromatic carbocycles. The SMILES string of the molecule is Cn1c(C(=O)N2CCC(CCCCNC(=O)c3cc4cnccc4[nH]3)CC2)cc2ccccc21. The zero-order valence-electron chi connectivity index (χ0n) is 19.6. The van der Waals surface area contributed by atoms with Crippen molar-refractivity contribution in [1.82, 2.24) is 24.8 Å². The molecule has 0 bridgehead atoms. The number of fused-ring (bicyclic) bond motifs is 2. The molecule has 176 valence electrons. The van der Waals surface area contributed by atoms with Gasteiger partial charge in [-0.15, -0.1) is 0 Å². The van der Waals surface area contributed by atoms with Crippen molar-refractivity contribution >= 4 is 33.6 Å². The number of carbonyl (C=O) groups is 2. The normalized spacial score (nSPS) is 14.7. The third kappa shape index (κ3) is 4.55. The fourth-order valence-electron chi connectivity index (χ4n) is 5.03. The maximum Gasteiger partial charge on any atom is 0.270 e. The molecule has 1 saturated heterocycles. The molecule has 1 fully saturated rings. The Kier molecular flexibility index (Phi) is 6.34. The third-order valence-corrected chi connectivity index (χ3v) is 7.06. The van der Waals surface area contributed by atoms with Crippen LogP contribution in [0.1, 0.15) is 53.1 Å². The number of aromatic amines is 1. The van der Waals surface area contributed by atoms with Gasteiger partial charge in [0.05, 0.1) is 0 Å². The predicted molar refractivity (Wildman–Crippen MR) is 134 cm³/mol. The van der Waals surface area contributed by atoms with Gasteiger partial charge in [-0.2, -0.15) is 0 Å². The van der Waals surface area contributed by atoms with Crippen LogP contribution in [0.15, 0.2) is 54.9 Å². The summed E-state index contributed by atoms with van der Waals surface area (Å²) < 4.78 is 2.00. The first-order valence-corrected chi connectivity index (χ1v) is 12.1. The lowest BCUT2D eigenvalue weighted by Gasteiger charge is -2.32. The lowest BCUT2D eigenvalue weighted by Crippen LogP contribution is -2.39. The Hall–Kier alpha value is -3.61. The monoisotopic (exact) mass is 457 g/mol. The molecule has 2 amide bonds. The van der Waals surface area contributed by atoms with E-state index in [9.17, 15) is 9.59 Å². The van der Waals surface area contributed by atoms with E-state index in [1.807, 2.05) is 46.8 Å². The van der Waals surface area contributed by atoms with E-state index in [1.54, 1.807) is 12.4 Å². The molecule has 0 atom stereocenters. The van der Waals surface area contributed by atoms with Crippen molar-refractivity contribution in [2.24, 2.45) is 13.0 Å². The van der Waals surface area contributed by atoms with Crippen LogP contribution in [0, 0.1) is 5.92 Å². The van der Waals surface area contributed by atoms with Crippen LogP contribution in [0.25, 0.3) is 21.8 Å². The molecule has 0 aliphatic carbocycles. The maximum atomic E-state index is 13.1. The summed E-state index contributed by atoms with van der Waals surface area (Å²) in [5.74, 6) is 0.706. The smallest absolute Gasteiger partial charge is 0.270 e. The van der Waals surface area contributed by atoms with E-state index in [0.717, 1.165) is 72.7 Å². The number of nitrogens with one attached hydrogen (secondary N) is 2. The molecule has 0 radical (unpaired) electrons. The fraction of sp³-hybridized carbons (Fsp3) is 0.370. The molecule has 0 saturated carbocycles. The quantitative estimate of drug-likeness (QED) is 0.401. The van der Waals surface area contributed by atoms with Gasteiger partial charge in [0.25, 0.3) is 11.8 Å². The second kappa shape index (κ2) is 9.71. The van der Waals surface area contributed by atoms with Crippen molar-refractivity contribution in [3.63, 3.8) is 0 Å². The van der Waals surface area contributed by atoms with Gasteiger partial charge in [-0.05, 0) is 49.4 Å². The van der Waals surface area contributed by atoms with Crippen molar-refractivity contribution in [2.45, 2.75) is 32.1 Å². The van der Waals surface area contributed by atoms with Gasteiger partial charge in [-0.25, -0.2) is 0 Å². The summed E-state index contributed by atoms with van der Waals surface area (Å²) >= 11 is 0. The minimum absolute atomic E-state index is 0.0728. The Labute approximate surface area is 199 Å². The molecule has 5 rings (SSSR count). The topological polar surface area (TPSA) is 83.0 Å². The number of piperidine rings is 1. The standard InChI is InChI=1S/C27H31N5O2/c1-31-24-8-3-2-7-20(24)17-25(31)27(34)32-14-10-19(11-15-32)6-4-5-12-29-26(33)23-16-21-18-28-13-9-22(21)30-23/h2-3,7-9,13,16-19,30H,4-6,10-12,14-15H2,1H3,(H,29,33). The highest BCUT2D eigenvalue weighted by Crippen LogP contribution is 2.25. The number of H-pyrrole nitrogens is 1. The number of hydrogen-bond donors (Lipinski definition) is 2. The van der Waals surface area contributed by atoms with Gasteiger partial charge in [-0.3, -0.25) is 14.6 Å². The molecule has 7 nitrogen and oxygen atoms in total. The molecule has 7 heteroatoms. The first-order valence-electron chi connectivity index (χ1n) is 12.1. The fourth-order valence-corrected chi connectivity index (χ4v) is 5.03. The van der Waals surface area contributed by atoms with E-state index >= 15 is 0 Å². The van der Waals surface area contributed by atoms with Gasteiger partial charge < -0.3 is 19.8 Å².